The van der Waals surface area contributed by atoms with Crippen LogP contribution in [0.5, 0.6) is 0 Å². The first kappa shape index (κ1) is 17.9. The molecule has 1 saturated heterocycles. The standard InChI is InChI=1S/C16H24N2O4S/c1-16(2,3)15-17-10(9-23-15)5-13(19)18-8-12(22-4)6-11(18)7-14(20)21/h9,11-12H,5-8H2,1-4H3,(H,20,21). The fourth-order valence-electron chi connectivity index (χ4n) is 2.73. The van der Waals surface area contributed by atoms with Gasteiger partial charge in [-0.05, 0) is 6.42 Å². The van der Waals surface area contributed by atoms with Gasteiger partial charge in [0.05, 0.1) is 29.6 Å². The van der Waals surface area contributed by atoms with E-state index in [0.717, 1.165) is 10.7 Å². The lowest BCUT2D eigenvalue weighted by Gasteiger charge is -2.23. The molecule has 7 heteroatoms. The number of hydrogen-bond donors (Lipinski definition) is 1. The zero-order valence-electron chi connectivity index (χ0n) is 14.0. The number of ether oxygens (including phenoxy) is 1. The topological polar surface area (TPSA) is 79.7 Å². The number of amides is 1. The molecule has 2 atom stereocenters. The second-order valence-electron chi connectivity index (χ2n) is 6.96. The van der Waals surface area contributed by atoms with Crippen molar-refractivity contribution >= 4 is 23.2 Å². The summed E-state index contributed by atoms with van der Waals surface area (Å²) in [6.45, 7) is 6.71. The average Bonchev–Trinajstić information content (AvgIpc) is 3.04. The molecule has 0 saturated carbocycles. The number of methoxy groups -OCH3 is 1. The monoisotopic (exact) mass is 340 g/mol. The van der Waals surface area contributed by atoms with Crippen molar-refractivity contribution in [3.8, 4) is 0 Å². The van der Waals surface area contributed by atoms with Crippen LogP contribution in [0.3, 0.4) is 0 Å². The van der Waals surface area contributed by atoms with Crippen LogP contribution in [0.2, 0.25) is 0 Å². The van der Waals surface area contributed by atoms with Crippen LogP contribution in [-0.4, -0.2) is 52.7 Å². The highest BCUT2D eigenvalue weighted by molar-refractivity contribution is 7.09. The van der Waals surface area contributed by atoms with E-state index in [1.807, 2.05) is 5.38 Å². The van der Waals surface area contributed by atoms with Gasteiger partial charge in [-0.25, -0.2) is 4.98 Å². The van der Waals surface area contributed by atoms with E-state index < -0.39 is 5.97 Å². The van der Waals surface area contributed by atoms with Gasteiger partial charge in [0.15, 0.2) is 0 Å². The summed E-state index contributed by atoms with van der Waals surface area (Å²) >= 11 is 1.56. The highest BCUT2D eigenvalue weighted by Crippen LogP contribution is 2.27. The normalized spacial score (nSPS) is 21.7. The van der Waals surface area contributed by atoms with Crippen LogP contribution in [0.25, 0.3) is 0 Å². The highest BCUT2D eigenvalue weighted by atomic mass is 32.1. The van der Waals surface area contributed by atoms with Crippen LogP contribution < -0.4 is 0 Å². The molecular weight excluding hydrogens is 316 g/mol. The molecule has 128 valence electrons. The van der Waals surface area contributed by atoms with Crippen LogP contribution in [0.4, 0.5) is 0 Å². The van der Waals surface area contributed by atoms with Gasteiger partial charge >= 0.3 is 5.97 Å². The van der Waals surface area contributed by atoms with E-state index >= 15 is 0 Å². The number of rotatable bonds is 5. The van der Waals surface area contributed by atoms with Gasteiger partial charge in [-0.2, -0.15) is 0 Å². The molecule has 1 N–H and O–H groups in total. The Kier molecular flexibility index (Phi) is 5.41. The molecule has 0 radical (unpaired) electrons. The minimum Gasteiger partial charge on any atom is -0.481 e. The second kappa shape index (κ2) is 6.97. The van der Waals surface area contributed by atoms with Gasteiger partial charge < -0.3 is 14.7 Å². The molecule has 1 aromatic heterocycles. The van der Waals surface area contributed by atoms with E-state index in [1.54, 1.807) is 23.3 Å². The molecule has 1 aliphatic rings. The Morgan fingerprint density at radius 3 is 2.70 bits per heavy atom. The lowest BCUT2D eigenvalue weighted by molar-refractivity contribution is -0.139. The zero-order chi connectivity index (χ0) is 17.2. The predicted octanol–water partition coefficient (Wildman–Crippen LogP) is 2.07. The van der Waals surface area contributed by atoms with Gasteiger partial charge in [-0.15, -0.1) is 11.3 Å². The van der Waals surface area contributed by atoms with Crippen molar-refractivity contribution in [3.05, 3.63) is 16.1 Å². The molecule has 1 fully saturated rings. The Hall–Kier alpha value is -1.47. The third kappa shape index (κ3) is 4.51. The molecule has 0 spiro atoms. The Morgan fingerprint density at radius 2 is 2.17 bits per heavy atom. The molecular formula is C16H24N2O4S. The van der Waals surface area contributed by atoms with Crippen molar-refractivity contribution in [2.75, 3.05) is 13.7 Å². The molecule has 1 aromatic rings. The number of nitrogens with zero attached hydrogens (tertiary/aromatic N) is 2. The van der Waals surface area contributed by atoms with Gasteiger partial charge in [0.2, 0.25) is 5.91 Å². The van der Waals surface area contributed by atoms with Gasteiger partial charge in [-0.3, -0.25) is 9.59 Å². The molecule has 1 amide bonds. The third-order valence-electron chi connectivity index (χ3n) is 3.97. The molecule has 2 heterocycles. The van der Waals surface area contributed by atoms with Crippen molar-refractivity contribution in [1.82, 2.24) is 9.88 Å². The van der Waals surface area contributed by atoms with Crippen LogP contribution >= 0.6 is 11.3 Å². The summed E-state index contributed by atoms with van der Waals surface area (Å²) in [6.07, 6.45) is 0.636. The lowest BCUT2D eigenvalue weighted by Crippen LogP contribution is -2.38. The molecule has 1 aliphatic heterocycles. The Morgan fingerprint density at radius 1 is 1.48 bits per heavy atom. The second-order valence-corrected chi connectivity index (χ2v) is 7.82. The first-order valence-corrected chi connectivity index (χ1v) is 8.57. The van der Waals surface area contributed by atoms with Crippen molar-refractivity contribution in [2.45, 2.75) is 57.6 Å². The largest absolute Gasteiger partial charge is 0.481 e. The third-order valence-corrected chi connectivity index (χ3v) is 5.28. The maximum Gasteiger partial charge on any atom is 0.305 e. The SMILES string of the molecule is COC1CC(CC(=O)O)N(C(=O)Cc2csc(C(C)(C)C)n2)C1. The maximum atomic E-state index is 12.6. The Bertz CT molecular complexity index is 579. The Labute approximate surface area is 140 Å². The molecule has 6 nitrogen and oxygen atoms in total. The number of thiazole rings is 1. The van der Waals surface area contributed by atoms with Crippen molar-refractivity contribution in [1.29, 1.82) is 0 Å². The zero-order valence-corrected chi connectivity index (χ0v) is 14.9. The quantitative estimate of drug-likeness (QED) is 0.887. The van der Waals surface area contributed by atoms with E-state index in [1.165, 1.54) is 0 Å². The van der Waals surface area contributed by atoms with Crippen LogP contribution in [0.1, 0.15) is 44.3 Å². The molecule has 0 bridgehead atoms. The highest BCUT2D eigenvalue weighted by Gasteiger charge is 2.36. The Balaban J connectivity index is 2.06. The molecule has 23 heavy (non-hydrogen) atoms. The van der Waals surface area contributed by atoms with Crippen molar-refractivity contribution in [2.24, 2.45) is 0 Å². The van der Waals surface area contributed by atoms with Crippen LogP contribution in [0, 0.1) is 0 Å². The smallest absolute Gasteiger partial charge is 0.305 e. The molecule has 0 aromatic carbocycles. The van der Waals surface area contributed by atoms with Crippen LogP contribution in [-0.2, 0) is 26.2 Å². The summed E-state index contributed by atoms with van der Waals surface area (Å²) in [5, 5.41) is 11.9. The number of aromatic nitrogens is 1. The molecule has 0 aliphatic carbocycles. The first-order valence-electron chi connectivity index (χ1n) is 7.69. The van der Waals surface area contributed by atoms with E-state index in [4.69, 9.17) is 9.84 Å². The molecule has 2 rings (SSSR count). The van der Waals surface area contributed by atoms with Gasteiger partial charge in [0.25, 0.3) is 0 Å². The minimum atomic E-state index is -0.895. The average molecular weight is 340 g/mol. The summed E-state index contributed by atoms with van der Waals surface area (Å²) in [7, 11) is 1.59. The number of carbonyl (C=O) groups is 2. The summed E-state index contributed by atoms with van der Waals surface area (Å²) in [4.78, 5) is 29.7. The minimum absolute atomic E-state index is 0.0351. The fourth-order valence-corrected chi connectivity index (χ4v) is 3.64. The van der Waals surface area contributed by atoms with E-state index in [9.17, 15) is 9.59 Å². The maximum absolute atomic E-state index is 12.6. The van der Waals surface area contributed by atoms with Gasteiger partial charge in [0.1, 0.15) is 0 Å². The lowest BCUT2D eigenvalue weighted by atomic mass is 9.98. The first-order chi connectivity index (χ1) is 10.7. The summed E-state index contributed by atoms with van der Waals surface area (Å²) < 4.78 is 5.30. The van der Waals surface area contributed by atoms with E-state index in [0.29, 0.717) is 13.0 Å². The number of carbonyl (C=O) groups excluding carboxylic acids is 1. The molecule has 2 unspecified atom stereocenters. The van der Waals surface area contributed by atoms with Gasteiger partial charge in [-0.1, -0.05) is 20.8 Å². The van der Waals surface area contributed by atoms with E-state index in [-0.39, 0.29) is 36.3 Å². The van der Waals surface area contributed by atoms with Crippen molar-refractivity contribution in [3.63, 3.8) is 0 Å². The summed E-state index contributed by atoms with van der Waals surface area (Å²) in [5.41, 5.74) is 0.715. The van der Waals surface area contributed by atoms with Crippen molar-refractivity contribution < 1.29 is 19.4 Å². The van der Waals surface area contributed by atoms with Crippen LogP contribution in [0.15, 0.2) is 5.38 Å². The van der Waals surface area contributed by atoms with E-state index in [2.05, 4.69) is 25.8 Å². The number of carboxylic acids is 1. The predicted molar refractivity (Wildman–Crippen MR) is 87.7 cm³/mol. The van der Waals surface area contributed by atoms with Gasteiger partial charge in [0, 0.05) is 30.5 Å². The number of aliphatic carboxylic acids is 1. The number of carboxylic acid groups (broad SMARTS) is 1. The fraction of sp³-hybridized carbons (Fsp3) is 0.688. The number of likely N-dealkylation sites (tertiary alicyclic amines) is 1. The summed E-state index contributed by atoms with van der Waals surface area (Å²) in [6, 6.07) is -0.300. The number of hydrogen-bond acceptors (Lipinski definition) is 5. The summed E-state index contributed by atoms with van der Waals surface area (Å²) in [5.74, 6) is -0.977.